The molecule has 0 unspecified atom stereocenters. The van der Waals surface area contributed by atoms with Gasteiger partial charge in [0.15, 0.2) is 5.65 Å². The number of aliphatic hydroxyl groups is 1. The van der Waals surface area contributed by atoms with Crippen LogP contribution in [0.3, 0.4) is 0 Å². The normalized spacial score (nSPS) is 23.0. The number of aliphatic hydroxyl groups excluding tert-OH is 1. The van der Waals surface area contributed by atoms with Gasteiger partial charge in [0.25, 0.3) is 0 Å². The van der Waals surface area contributed by atoms with Gasteiger partial charge in [0.1, 0.15) is 0 Å². The highest BCUT2D eigenvalue weighted by molar-refractivity contribution is 5.42. The number of fused-ring (bicyclic) bond motifs is 1. The van der Waals surface area contributed by atoms with Gasteiger partial charge in [-0.15, -0.1) is 0 Å². The van der Waals surface area contributed by atoms with Crippen LogP contribution in [-0.4, -0.2) is 32.4 Å². The van der Waals surface area contributed by atoms with Crippen LogP contribution in [0.15, 0.2) is 24.4 Å². The lowest BCUT2D eigenvalue weighted by atomic mass is 10.1. The second-order valence-corrected chi connectivity index (χ2v) is 5.91. The first kappa shape index (κ1) is 14.2. The monoisotopic (exact) mass is 286 g/mol. The summed E-state index contributed by atoms with van der Waals surface area (Å²) >= 11 is 0. The van der Waals surface area contributed by atoms with Gasteiger partial charge < -0.3 is 10.4 Å². The Balaban J connectivity index is 1.80. The molecule has 2 N–H and O–H groups in total. The first-order valence-electron chi connectivity index (χ1n) is 7.45. The maximum atomic E-state index is 9.20. The molecule has 21 heavy (non-hydrogen) atoms. The fraction of sp³-hybridized carbons (Fsp3) is 0.500. The maximum absolute atomic E-state index is 9.20. The average molecular weight is 286 g/mol. The second-order valence-electron chi connectivity index (χ2n) is 5.91. The fourth-order valence-electron chi connectivity index (χ4n) is 3.05. The zero-order chi connectivity index (χ0) is 15.0. The molecule has 0 aromatic carbocycles. The summed E-state index contributed by atoms with van der Waals surface area (Å²) in [7, 11) is 0. The molecule has 0 spiro atoms. The van der Waals surface area contributed by atoms with E-state index in [4.69, 9.17) is 0 Å². The molecule has 1 aliphatic carbocycles. The number of rotatable bonds is 4. The lowest BCUT2D eigenvalue weighted by Gasteiger charge is -2.21. The average Bonchev–Trinajstić information content (AvgIpc) is 3.05. The third-order valence-electron chi connectivity index (χ3n) is 4.22. The summed E-state index contributed by atoms with van der Waals surface area (Å²) < 4.78 is 1.91. The Hall–Kier alpha value is -1.72. The van der Waals surface area contributed by atoms with E-state index in [1.54, 1.807) is 0 Å². The van der Waals surface area contributed by atoms with E-state index in [2.05, 4.69) is 41.4 Å². The van der Waals surface area contributed by atoms with Crippen LogP contribution in [0.25, 0.3) is 5.65 Å². The molecule has 0 fully saturated rings. The smallest absolute Gasteiger partial charge is 0.155 e. The number of hydrogen-bond acceptors (Lipinski definition) is 4. The van der Waals surface area contributed by atoms with Gasteiger partial charge in [-0.3, -0.25) is 0 Å². The number of aryl methyl sites for hydroxylation is 2. The van der Waals surface area contributed by atoms with Crippen LogP contribution in [0.2, 0.25) is 0 Å². The molecule has 0 radical (unpaired) electrons. The predicted molar refractivity (Wildman–Crippen MR) is 82.1 cm³/mol. The van der Waals surface area contributed by atoms with Crippen LogP contribution in [0, 0.1) is 19.8 Å². The standard InChI is InChI=1S/C16H22N4O/c1-10-6-16-17-8-15(12(3)20(16)19-10)11(2)18-14-5-4-13(7-14)9-21/h4-6,8,11,13-14,18,21H,7,9H2,1-3H3/t11-,13+,14-/m1/s1. The maximum Gasteiger partial charge on any atom is 0.155 e. The topological polar surface area (TPSA) is 62.5 Å². The van der Waals surface area contributed by atoms with E-state index in [0.29, 0.717) is 6.04 Å². The summed E-state index contributed by atoms with van der Waals surface area (Å²) in [5.41, 5.74) is 4.15. The molecule has 5 nitrogen and oxygen atoms in total. The molecular formula is C16H22N4O. The second kappa shape index (κ2) is 5.58. The van der Waals surface area contributed by atoms with Crippen molar-refractivity contribution in [1.82, 2.24) is 19.9 Å². The minimum atomic E-state index is 0.193. The van der Waals surface area contributed by atoms with Crippen LogP contribution >= 0.6 is 0 Å². The molecule has 3 rings (SSSR count). The van der Waals surface area contributed by atoms with Gasteiger partial charge in [-0.25, -0.2) is 9.50 Å². The fourth-order valence-corrected chi connectivity index (χ4v) is 3.05. The highest BCUT2D eigenvalue weighted by Crippen LogP contribution is 2.23. The Morgan fingerprint density at radius 3 is 2.95 bits per heavy atom. The summed E-state index contributed by atoms with van der Waals surface area (Å²) in [6.45, 7) is 6.43. The molecule has 2 heterocycles. The molecule has 5 heteroatoms. The summed E-state index contributed by atoms with van der Waals surface area (Å²) in [5, 5.41) is 17.3. The van der Waals surface area contributed by atoms with Gasteiger partial charge in [-0.05, 0) is 27.2 Å². The van der Waals surface area contributed by atoms with Gasteiger partial charge in [0.05, 0.1) is 5.69 Å². The Morgan fingerprint density at radius 2 is 2.24 bits per heavy atom. The van der Waals surface area contributed by atoms with E-state index in [-0.39, 0.29) is 18.6 Å². The van der Waals surface area contributed by atoms with Gasteiger partial charge in [0, 0.05) is 48.1 Å². The molecule has 0 bridgehead atoms. The van der Waals surface area contributed by atoms with E-state index < -0.39 is 0 Å². The van der Waals surface area contributed by atoms with Crippen molar-refractivity contribution in [3.63, 3.8) is 0 Å². The molecule has 1 aliphatic rings. The Labute approximate surface area is 124 Å². The van der Waals surface area contributed by atoms with Crippen LogP contribution in [0.5, 0.6) is 0 Å². The van der Waals surface area contributed by atoms with E-state index in [0.717, 1.165) is 29.0 Å². The van der Waals surface area contributed by atoms with E-state index in [9.17, 15) is 5.11 Å². The number of nitrogens with one attached hydrogen (secondary N) is 1. The molecule has 2 aromatic heterocycles. The highest BCUT2D eigenvalue weighted by Gasteiger charge is 2.21. The van der Waals surface area contributed by atoms with Crippen molar-refractivity contribution in [3.05, 3.63) is 41.4 Å². The summed E-state index contributed by atoms with van der Waals surface area (Å²) in [5.74, 6) is 0.283. The molecule has 0 saturated heterocycles. The minimum absolute atomic E-state index is 0.193. The molecular weight excluding hydrogens is 264 g/mol. The molecule has 0 aliphatic heterocycles. The summed E-state index contributed by atoms with van der Waals surface area (Å²) in [6.07, 6.45) is 7.13. The first-order valence-corrected chi connectivity index (χ1v) is 7.45. The predicted octanol–water partition coefficient (Wildman–Crippen LogP) is 1.93. The van der Waals surface area contributed by atoms with Crippen molar-refractivity contribution < 1.29 is 5.11 Å². The van der Waals surface area contributed by atoms with E-state index in [1.165, 1.54) is 0 Å². The zero-order valence-corrected chi connectivity index (χ0v) is 12.7. The Kier molecular flexibility index (Phi) is 3.78. The van der Waals surface area contributed by atoms with Crippen LogP contribution < -0.4 is 5.32 Å². The summed E-state index contributed by atoms with van der Waals surface area (Å²) in [4.78, 5) is 4.49. The Bertz CT molecular complexity index is 676. The van der Waals surface area contributed by atoms with Crippen LogP contribution in [0.4, 0.5) is 0 Å². The lowest BCUT2D eigenvalue weighted by molar-refractivity contribution is 0.245. The van der Waals surface area contributed by atoms with Gasteiger partial charge >= 0.3 is 0 Å². The van der Waals surface area contributed by atoms with Crippen molar-refractivity contribution in [2.45, 2.75) is 39.3 Å². The van der Waals surface area contributed by atoms with Crippen molar-refractivity contribution in [1.29, 1.82) is 0 Å². The van der Waals surface area contributed by atoms with Crippen molar-refractivity contribution in [3.8, 4) is 0 Å². The molecule has 0 saturated carbocycles. The third kappa shape index (κ3) is 2.71. The highest BCUT2D eigenvalue weighted by atomic mass is 16.3. The quantitative estimate of drug-likeness (QED) is 0.843. The van der Waals surface area contributed by atoms with Crippen molar-refractivity contribution in [2.24, 2.45) is 5.92 Å². The zero-order valence-electron chi connectivity index (χ0n) is 12.7. The van der Waals surface area contributed by atoms with Gasteiger partial charge in [0.2, 0.25) is 0 Å². The third-order valence-corrected chi connectivity index (χ3v) is 4.22. The summed E-state index contributed by atoms with van der Waals surface area (Å²) in [6, 6.07) is 2.49. The van der Waals surface area contributed by atoms with Crippen molar-refractivity contribution in [2.75, 3.05) is 6.61 Å². The number of hydrogen-bond donors (Lipinski definition) is 2. The molecule has 112 valence electrons. The number of aromatic nitrogens is 3. The SMILES string of the molecule is Cc1cc2ncc([C@@H](C)N[C@@H]3C=C[C@H](CO)C3)c(C)n2n1. The molecule has 2 aromatic rings. The largest absolute Gasteiger partial charge is 0.396 e. The Morgan fingerprint density at radius 1 is 1.43 bits per heavy atom. The van der Waals surface area contributed by atoms with Gasteiger partial charge in [-0.2, -0.15) is 5.10 Å². The van der Waals surface area contributed by atoms with Gasteiger partial charge in [-0.1, -0.05) is 12.2 Å². The van der Waals surface area contributed by atoms with E-state index in [1.807, 2.05) is 23.7 Å². The first-order chi connectivity index (χ1) is 10.1. The number of nitrogens with zero attached hydrogens (tertiary/aromatic N) is 3. The van der Waals surface area contributed by atoms with Crippen LogP contribution in [0.1, 0.15) is 36.3 Å². The minimum Gasteiger partial charge on any atom is -0.396 e. The lowest BCUT2D eigenvalue weighted by Crippen LogP contribution is -2.30. The van der Waals surface area contributed by atoms with E-state index >= 15 is 0 Å². The van der Waals surface area contributed by atoms with Crippen molar-refractivity contribution >= 4 is 5.65 Å². The van der Waals surface area contributed by atoms with Crippen LogP contribution in [-0.2, 0) is 0 Å². The molecule has 3 atom stereocenters. The molecule has 0 amide bonds.